The largest absolute Gasteiger partial charge is 0.437 e. The molecule has 2 aromatic heterocycles. The van der Waals surface area contributed by atoms with Crippen LogP contribution in [0, 0.1) is 12.3 Å². The maximum absolute atomic E-state index is 8.19. The Balaban J connectivity index is 1.83. The van der Waals surface area contributed by atoms with E-state index in [4.69, 9.17) is 33.0 Å². The van der Waals surface area contributed by atoms with Gasteiger partial charge in [0.25, 0.3) is 0 Å². The Hall–Kier alpha value is -2.14. The molecule has 0 aliphatic heterocycles. The lowest BCUT2D eigenvalue weighted by Gasteiger charge is -2.03. The molecule has 0 fully saturated rings. The lowest BCUT2D eigenvalue weighted by Crippen LogP contribution is -2.03. The Morgan fingerprint density at radius 1 is 1.08 bits per heavy atom. The fraction of sp³-hybridized carbons (Fsp3) is 0.0526. The van der Waals surface area contributed by atoms with Gasteiger partial charge in [-0.05, 0) is 25.1 Å². The standard InChI is InChI=1S/C19H12Cl2N2OS/c1-10-2-4-11(5-3-10)16-9-25-19(23-16)14-7-12-6-13(20)8-15(21)17(12)24-18(14)22/h2-9,22H,1H3. The number of hydrogen-bond donors (Lipinski definition) is 1. The van der Waals surface area contributed by atoms with Crippen LogP contribution in [0.15, 0.2) is 52.3 Å². The summed E-state index contributed by atoms with van der Waals surface area (Å²) in [6, 6.07) is 13.4. The van der Waals surface area contributed by atoms with Gasteiger partial charge < -0.3 is 4.42 Å². The molecule has 0 saturated carbocycles. The fourth-order valence-corrected chi connectivity index (χ4v) is 3.98. The van der Waals surface area contributed by atoms with Crippen molar-refractivity contribution in [2.75, 3.05) is 0 Å². The number of thiazole rings is 1. The summed E-state index contributed by atoms with van der Waals surface area (Å²) in [4.78, 5) is 4.67. The van der Waals surface area contributed by atoms with E-state index in [-0.39, 0.29) is 5.55 Å². The van der Waals surface area contributed by atoms with E-state index in [2.05, 4.69) is 24.0 Å². The Morgan fingerprint density at radius 3 is 2.60 bits per heavy atom. The van der Waals surface area contributed by atoms with Crippen LogP contribution < -0.4 is 5.55 Å². The van der Waals surface area contributed by atoms with E-state index in [1.165, 1.54) is 16.9 Å². The van der Waals surface area contributed by atoms with Gasteiger partial charge in [0, 0.05) is 21.4 Å². The van der Waals surface area contributed by atoms with Crippen LogP contribution in [-0.4, -0.2) is 4.98 Å². The third-order valence-electron chi connectivity index (χ3n) is 3.87. The van der Waals surface area contributed by atoms with E-state index in [1.807, 2.05) is 23.6 Å². The van der Waals surface area contributed by atoms with Crippen molar-refractivity contribution in [2.45, 2.75) is 6.92 Å². The van der Waals surface area contributed by atoms with E-state index in [9.17, 15) is 0 Å². The van der Waals surface area contributed by atoms with Crippen LogP contribution in [-0.2, 0) is 0 Å². The zero-order valence-corrected chi connectivity index (χ0v) is 15.5. The van der Waals surface area contributed by atoms with E-state index >= 15 is 0 Å². The maximum Gasteiger partial charge on any atom is 0.222 e. The minimum atomic E-state index is 0.0292. The van der Waals surface area contributed by atoms with Crippen LogP contribution in [0.3, 0.4) is 0 Å². The number of nitrogens with one attached hydrogen (secondary N) is 1. The van der Waals surface area contributed by atoms with Crippen molar-refractivity contribution >= 4 is 45.5 Å². The number of aromatic nitrogens is 1. The van der Waals surface area contributed by atoms with Crippen molar-refractivity contribution in [1.82, 2.24) is 4.98 Å². The van der Waals surface area contributed by atoms with Gasteiger partial charge in [0.05, 0.1) is 16.3 Å². The summed E-state index contributed by atoms with van der Waals surface area (Å²) in [5.74, 6) is 0. The first-order valence-electron chi connectivity index (χ1n) is 7.52. The van der Waals surface area contributed by atoms with Crippen LogP contribution >= 0.6 is 34.5 Å². The second-order valence-electron chi connectivity index (χ2n) is 5.70. The summed E-state index contributed by atoms with van der Waals surface area (Å²) in [7, 11) is 0. The average Bonchev–Trinajstić information content (AvgIpc) is 3.05. The molecule has 2 heterocycles. The molecular formula is C19H12Cl2N2OS. The Kier molecular flexibility index (Phi) is 4.12. The molecule has 0 aliphatic rings. The Labute approximate surface area is 158 Å². The van der Waals surface area contributed by atoms with Gasteiger partial charge >= 0.3 is 0 Å². The van der Waals surface area contributed by atoms with Crippen molar-refractivity contribution in [3.05, 3.63) is 69.0 Å². The molecule has 0 spiro atoms. The number of nitrogens with zero attached hydrogens (tertiary/aromatic N) is 1. The van der Waals surface area contributed by atoms with Gasteiger partial charge in [-0.2, -0.15) is 0 Å². The van der Waals surface area contributed by atoms with Crippen LogP contribution in [0.25, 0.3) is 32.8 Å². The number of rotatable bonds is 2. The summed E-state index contributed by atoms with van der Waals surface area (Å²) in [5, 5.41) is 12.6. The highest BCUT2D eigenvalue weighted by molar-refractivity contribution is 7.13. The third kappa shape index (κ3) is 3.09. The molecule has 4 rings (SSSR count). The smallest absolute Gasteiger partial charge is 0.222 e. The van der Waals surface area contributed by atoms with Crippen molar-refractivity contribution in [3.8, 4) is 21.8 Å². The molecule has 0 bridgehead atoms. The van der Waals surface area contributed by atoms with Crippen molar-refractivity contribution in [1.29, 1.82) is 5.41 Å². The first-order valence-corrected chi connectivity index (χ1v) is 9.15. The number of fused-ring (bicyclic) bond motifs is 1. The molecule has 124 valence electrons. The molecule has 0 amide bonds. The summed E-state index contributed by atoms with van der Waals surface area (Å²) < 4.78 is 5.61. The van der Waals surface area contributed by atoms with Gasteiger partial charge in [-0.25, -0.2) is 4.98 Å². The highest BCUT2D eigenvalue weighted by Crippen LogP contribution is 2.32. The SMILES string of the molecule is Cc1ccc(-c2csc(-c3cc4cc(Cl)cc(Cl)c4oc3=N)n2)cc1. The highest BCUT2D eigenvalue weighted by Gasteiger charge is 2.13. The highest BCUT2D eigenvalue weighted by atomic mass is 35.5. The van der Waals surface area contributed by atoms with Crippen LogP contribution in [0.5, 0.6) is 0 Å². The van der Waals surface area contributed by atoms with Crippen LogP contribution in [0.1, 0.15) is 5.56 Å². The van der Waals surface area contributed by atoms with Gasteiger partial charge in [-0.1, -0.05) is 53.0 Å². The molecule has 4 aromatic rings. The predicted molar refractivity (Wildman–Crippen MR) is 103 cm³/mol. The second-order valence-corrected chi connectivity index (χ2v) is 7.40. The number of halogens is 2. The Morgan fingerprint density at radius 2 is 1.84 bits per heavy atom. The summed E-state index contributed by atoms with van der Waals surface area (Å²) in [6.07, 6.45) is 0. The lowest BCUT2D eigenvalue weighted by molar-refractivity contribution is 0.536. The zero-order chi connectivity index (χ0) is 17.6. The van der Waals surface area contributed by atoms with Crippen LogP contribution in [0.4, 0.5) is 0 Å². The number of benzene rings is 2. The summed E-state index contributed by atoms with van der Waals surface area (Å²) >= 11 is 13.7. The topological polar surface area (TPSA) is 49.9 Å². The van der Waals surface area contributed by atoms with E-state index in [0.29, 0.717) is 21.2 Å². The molecule has 0 saturated heterocycles. The summed E-state index contributed by atoms with van der Waals surface area (Å²) in [6.45, 7) is 2.05. The molecule has 25 heavy (non-hydrogen) atoms. The average molecular weight is 387 g/mol. The Bertz CT molecular complexity index is 1150. The van der Waals surface area contributed by atoms with Crippen LogP contribution in [0.2, 0.25) is 10.0 Å². The summed E-state index contributed by atoms with van der Waals surface area (Å²) in [5.41, 5.74) is 4.23. The lowest BCUT2D eigenvalue weighted by atomic mass is 10.1. The van der Waals surface area contributed by atoms with Crippen molar-refractivity contribution in [2.24, 2.45) is 0 Å². The molecule has 0 aliphatic carbocycles. The number of hydrogen-bond acceptors (Lipinski definition) is 4. The molecule has 0 radical (unpaired) electrons. The quantitative estimate of drug-likeness (QED) is 0.438. The first-order chi connectivity index (χ1) is 12.0. The third-order valence-corrected chi connectivity index (χ3v) is 5.24. The molecule has 3 nitrogen and oxygen atoms in total. The van der Waals surface area contributed by atoms with Gasteiger partial charge in [-0.3, -0.25) is 5.41 Å². The molecule has 6 heteroatoms. The van der Waals surface area contributed by atoms with Gasteiger partial charge in [-0.15, -0.1) is 11.3 Å². The monoisotopic (exact) mass is 386 g/mol. The minimum absolute atomic E-state index is 0.0292. The van der Waals surface area contributed by atoms with Gasteiger partial charge in [0.15, 0.2) is 5.58 Å². The van der Waals surface area contributed by atoms with Crippen molar-refractivity contribution < 1.29 is 4.42 Å². The normalized spacial score (nSPS) is 11.2. The van der Waals surface area contributed by atoms with Crippen molar-refractivity contribution in [3.63, 3.8) is 0 Å². The molecule has 2 aromatic carbocycles. The number of aryl methyl sites for hydroxylation is 1. The van der Waals surface area contributed by atoms with E-state index < -0.39 is 0 Å². The minimum Gasteiger partial charge on any atom is -0.437 e. The predicted octanol–water partition coefficient (Wildman–Crippen LogP) is 6.32. The molecule has 0 unspecified atom stereocenters. The van der Waals surface area contributed by atoms with Gasteiger partial charge in [0.2, 0.25) is 5.55 Å². The molecule has 0 atom stereocenters. The van der Waals surface area contributed by atoms with Gasteiger partial charge in [0.1, 0.15) is 5.01 Å². The molecule has 1 N–H and O–H groups in total. The second kappa shape index (κ2) is 6.30. The first kappa shape index (κ1) is 16.3. The maximum atomic E-state index is 8.19. The zero-order valence-electron chi connectivity index (χ0n) is 13.1. The van der Waals surface area contributed by atoms with E-state index in [1.54, 1.807) is 12.1 Å². The fourth-order valence-electron chi connectivity index (χ4n) is 2.59. The van der Waals surface area contributed by atoms with E-state index in [0.717, 1.165) is 21.7 Å². The molecular weight excluding hydrogens is 375 g/mol.